The van der Waals surface area contributed by atoms with Gasteiger partial charge in [0, 0.05) is 25.6 Å². The second-order valence-corrected chi connectivity index (χ2v) is 7.88. The Morgan fingerprint density at radius 2 is 1.82 bits per heavy atom. The molecule has 2 amide bonds. The molecule has 3 rings (SSSR count). The first-order chi connectivity index (χ1) is 13.0. The van der Waals surface area contributed by atoms with E-state index < -0.39 is 5.82 Å². The standard InChI is InChI=1S/C21H30FN3O2.ClH/c1-15(16-6-10-23-11-7-16)14-20(26)24-17-8-12-25(13-9-17)21(27)18-4-2-3-5-19(18)22;/h2-5,15-17,23H,6-14H2,1H3,(H,24,26);1H. The molecular formula is C21H31ClFN3O2. The molecule has 5 nitrogen and oxygen atoms in total. The Labute approximate surface area is 172 Å². The molecule has 156 valence electrons. The molecule has 1 unspecified atom stereocenters. The van der Waals surface area contributed by atoms with Crippen LogP contribution in [0.1, 0.15) is 49.4 Å². The Balaban J connectivity index is 0.00000280. The van der Waals surface area contributed by atoms with Crippen molar-refractivity contribution in [3.63, 3.8) is 0 Å². The van der Waals surface area contributed by atoms with Crippen molar-refractivity contribution in [1.82, 2.24) is 15.5 Å². The fourth-order valence-corrected chi connectivity index (χ4v) is 4.19. The van der Waals surface area contributed by atoms with E-state index in [0.717, 1.165) is 25.9 Å². The maximum Gasteiger partial charge on any atom is 0.256 e. The summed E-state index contributed by atoms with van der Waals surface area (Å²) in [5.74, 6) is 0.384. The zero-order valence-electron chi connectivity index (χ0n) is 16.5. The Hall–Kier alpha value is -1.66. The molecule has 0 radical (unpaired) electrons. The van der Waals surface area contributed by atoms with Crippen LogP contribution in [0.2, 0.25) is 0 Å². The van der Waals surface area contributed by atoms with Gasteiger partial charge in [-0.25, -0.2) is 4.39 Å². The molecule has 2 aliphatic heterocycles. The first-order valence-corrected chi connectivity index (χ1v) is 10.1. The van der Waals surface area contributed by atoms with Crippen LogP contribution in [0.25, 0.3) is 0 Å². The van der Waals surface area contributed by atoms with Gasteiger partial charge in [0.1, 0.15) is 5.82 Å². The van der Waals surface area contributed by atoms with Crippen LogP contribution in [0.5, 0.6) is 0 Å². The van der Waals surface area contributed by atoms with Crippen molar-refractivity contribution in [3.8, 4) is 0 Å². The molecule has 28 heavy (non-hydrogen) atoms. The van der Waals surface area contributed by atoms with Gasteiger partial charge in [-0.05, 0) is 62.7 Å². The molecule has 0 aromatic heterocycles. The van der Waals surface area contributed by atoms with E-state index >= 15 is 0 Å². The van der Waals surface area contributed by atoms with Crippen molar-refractivity contribution in [2.45, 2.75) is 45.1 Å². The lowest BCUT2D eigenvalue weighted by molar-refractivity contribution is -0.123. The average Bonchev–Trinajstić information content (AvgIpc) is 2.69. The number of amides is 2. The molecule has 2 N–H and O–H groups in total. The van der Waals surface area contributed by atoms with Gasteiger partial charge in [-0.15, -0.1) is 12.4 Å². The molecule has 0 spiro atoms. The molecule has 1 aromatic rings. The molecule has 0 aliphatic carbocycles. The highest BCUT2D eigenvalue weighted by Gasteiger charge is 2.27. The number of rotatable bonds is 5. The van der Waals surface area contributed by atoms with Crippen molar-refractivity contribution in [2.75, 3.05) is 26.2 Å². The van der Waals surface area contributed by atoms with Gasteiger partial charge in [-0.3, -0.25) is 9.59 Å². The molecule has 0 saturated carbocycles. The number of carbonyl (C=O) groups is 2. The molecule has 0 bridgehead atoms. The monoisotopic (exact) mass is 411 g/mol. The minimum absolute atomic E-state index is 0. The number of halogens is 2. The van der Waals surface area contributed by atoms with E-state index in [1.807, 2.05) is 0 Å². The van der Waals surface area contributed by atoms with Crippen LogP contribution in [0, 0.1) is 17.7 Å². The number of hydrogen-bond donors (Lipinski definition) is 2. The zero-order valence-corrected chi connectivity index (χ0v) is 17.3. The smallest absolute Gasteiger partial charge is 0.256 e. The Morgan fingerprint density at radius 1 is 1.18 bits per heavy atom. The van der Waals surface area contributed by atoms with Crippen molar-refractivity contribution in [3.05, 3.63) is 35.6 Å². The summed E-state index contributed by atoms with van der Waals surface area (Å²) < 4.78 is 13.8. The van der Waals surface area contributed by atoms with Crippen LogP contribution in [0.3, 0.4) is 0 Å². The van der Waals surface area contributed by atoms with E-state index in [4.69, 9.17) is 0 Å². The third-order valence-corrected chi connectivity index (χ3v) is 5.95. The number of nitrogens with one attached hydrogen (secondary N) is 2. The first kappa shape index (κ1) is 22.6. The molecule has 7 heteroatoms. The van der Waals surface area contributed by atoms with Crippen molar-refractivity contribution < 1.29 is 14.0 Å². The minimum atomic E-state index is -0.482. The number of hydrogen-bond acceptors (Lipinski definition) is 3. The first-order valence-electron chi connectivity index (χ1n) is 10.1. The minimum Gasteiger partial charge on any atom is -0.353 e. The summed E-state index contributed by atoms with van der Waals surface area (Å²) in [6.45, 7) is 5.35. The van der Waals surface area contributed by atoms with Gasteiger partial charge in [-0.2, -0.15) is 0 Å². The number of likely N-dealkylation sites (tertiary alicyclic amines) is 1. The summed E-state index contributed by atoms with van der Waals surface area (Å²) in [5, 5.41) is 6.49. The number of piperidine rings is 2. The average molecular weight is 412 g/mol. The molecule has 1 atom stereocenters. The van der Waals surface area contributed by atoms with Crippen molar-refractivity contribution >= 4 is 24.2 Å². The largest absolute Gasteiger partial charge is 0.353 e. The summed E-state index contributed by atoms with van der Waals surface area (Å²) >= 11 is 0. The third-order valence-electron chi connectivity index (χ3n) is 5.95. The van der Waals surface area contributed by atoms with Crippen LogP contribution in [0.4, 0.5) is 4.39 Å². The molecule has 2 heterocycles. The third kappa shape index (κ3) is 5.92. The lowest BCUT2D eigenvalue weighted by atomic mass is 9.84. The van der Waals surface area contributed by atoms with Crippen molar-refractivity contribution in [1.29, 1.82) is 0 Å². The van der Waals surface area contributed by atoms with E-state index in [2.05, 4.69) is 17.6 Å². The van der Waals surface area contributed by atoms with E-state index in [0.29, 0.717) is 44.2 Å². The number of carbonyl (C=O) groups excluding carboxylic acids is 2. The summed E-state index contributed by atoms with van der Waals surface area (Å²) in [6.07, 6.45) is 4.29. The maximum atomic E-state index is 13.8. The van der Waals surface area contributed by atoms with Crippen LogP contribution in [0.15, 0.2) is 24.3 Å². The Kier molecular flexibility index (Phi) is 8.70. The predicted molar refractivity (Wildman–Crippen MR) is 110 cm³/mol. The quantitative estimate of drug-likeness (QED) is 0.783. The van der Waals surface area contributed by atoms with Crippen LogP contribution >= 0.6 is 12.4 Å². The molecule has 2 aliphatic rings. The van der Waals surface area contributed by atoms with E-state index in [1.54, 1.807) is 17.0 Å². The van der Waals surface area contributed by atoms with Gasteiger partial charge in [0.15, 0.2) is 0 Å². The fourth-order valence-electron chi connectivity index (χ4n) is 4.19. The highest BCUT2D eigenvalue weighted by molar-refractivity contribution is 5.94. The second-order valence-electron chi connectivity index (χ2n) is 7.88. The van der Waals surface area contributed by atoms with E-state index in [1.165, 1.54) is 12.1 Å². The lowest BCUT2D eigenvalue weighted by Crippen LogP contribution is -2.47. The normalized spacial score (nSPS) is 19.6. The molecule has 2 saturated heterocycles. The van der Waals surface area contributed by atoms with E-state index in [9.17, 15) is 14.0 Å². The van der Waals surface area contributed by atoms with Gasteiger partial charge in [-0.1, -0.05) is 19.1 Å². The van der Waals surface area contributed by atoms with E-state index in [-0.39, 0.29) is 35.8 Å². The number of nitrogens with zero attached hydrogens (tertiary/aromatic N) is 1. The van der Waals surface area contributed by atoms with Gasteiger partial charge >= 0.3 is 0 Å². The molecule has 1 aromatic carbocycles. The lowest BCUT2D eigenvalue weighted by Gasteiger charge is -2.33. The van der Waals surface area contributed by atoms with Gasteiger partial charge in [0.05, 0.1) is 5.56 Å². The summed E-state index contributed by atoms with van der Waals surface area (Å²) in [7, 11) is 0. The molecular weight excluding hydrogens is 381 g/mol. The Bertz CT molecular complexity index is 659. The van der Waals surface area contributed by atoms with Crippen molar-refractivity contribution in [2.24, 2.45) is 11.8 Å². The maximum absolute atomic E-state index is 13.8. The van der Waals surface area contributed by atoms with Gasteiger partial charge in [0.2, 0.25) is 5.91 Å². The number of benzene rings is 1. The van der Waals surface area contributed by atoms with Crippen LogP contribution in [-0.2, 0) is 4.79 Å². The highest BCUT2D eigenvalue weighted by Crippen LogP contribution is 2.24. The summed E-state index contributed by atoms with van der Waals surface area (Å²) in [4.78, 5) is 26.5. The highest BCUT2D eigenvalue weighted by atomic mass is 35.5. The van der Waals surface area contributed by atoms with Crippen LogP contribution in [-0.4, -0.2) is 48.9 Å². The molecule has 2 fully saturated rings. The van der Waals surface area contributed by atoms with Crippen LogP contribution < -0.4 is 10.6 Å². The predicted octanol–water partition coefficient (Wildman–Crippen LogP) is 2.99. The Morgan fingerprint density at radius 3 is 2.46 bits per heavy atom. The summed E-state index contributed by atoms with van der Waals surface area (Å²) in [5.41, 5.74) is 0.121. The van der Waals surface area contributed by atoms with Gasteiger partial charge in [0.25, 0.3) is 5.91 Å². The zero-order chi connectivity index (χ0) is 19.2. The topological polar surface area (TPSA) is 61.4 Å². The summed E-state index contributed by atoms with van der Waals surface area (Å²) in [6, 6.07) is 6.19. The SMILES string of the molecule is CC(CC(=O)NC1CCN(C(=O)c2ccccc2F)CC1)C1CCNCC1.Cl. The second kappa shape index (κ2) is 10.8. The fraction of sp³-hybridized carbons (Fsp3) is 0.619. The van der Waals surface area contributed by atoms with Gasteiger partial charge < -0.3 is 15.5 Å².